The van der Waals surface area contributed by atoms with E-state index >= 15 is 0 Å². The first-order chi connectivity index (χ1) is 8.79. The normalized spacial score (nSPS) is 15.6. The second kappa shape index (κ2) is 4.37. The van der Waals surface area contributed by atoms with Gasteiger partial charge in [0.2, 0.25) is 0 Å². The maximum absolute atomic E-state index is 13.6. The van der Waals surface area contributed by atoms with Crippen LogP contribution in [0.1, 0.15) is 31.2 Å². The molecule has 0 atom stereocenters. The second-order valence-corrected chi connectivity index (χ2v) is 4.80. The lowest BCUT2D eigenvalue weighted by atomic mass is 9.83. The number of halogens is 1. The molecule has 2 aromatic rings. The van der Waals surface area contributed by atoms with Gasteiger partial charge < -0.3 is 0 Å². The molecule has 1 saturated carbocycles. The lowest BCUT2D eigenvalue weighted by molar-refractivity contribution is 0.278. The van der Waals surface area contributed by atoms with Crippen molar-refractivity contribution in [1.82, 2.24) is 15.0 Å². The van der Waals surface area contributed by atoms with Gasteiger partial charge in [0, 0.05) is 6.54 Å². The molecule has 18 heavy (non-hydrogen) atoms. The van der Waals surface area contributed by atoms with Gasteiger partial charge in [0.1, 0.15) is 28.5 Å². The summed E-state index contributed by atoms with van der Waals surface area (Å²) in [6.45, 7) is 0.708. The second-order valence-electron chi connectivity index (χ2n) is 4.80. The number of fused-ring (bicyclic) bond motifs is 1. The van der Waals surface area contributed by atoms with E-state index in [1.54, 1.807) is 10.7 Å². The predicted octanol–water partition coefficient (Wildman–Crippen LogP) is 2.63. The maximum Gasteiger partial charge on any atom is 0.143 e. The zero-order chi connectivity index (χ0) is 12.5. The molecule has 0 N–H and O–H groups in total. The Labute approximate surface area is 104 Å². The van der Waals surface area contributed by atoms with Crippen LogP contribution >= 0.6 is 0 Å². The Morgan fingerprint density at radius 1 is 1.44 bits per heavy atom. The molecule has 0 bridgehead atoms. The molecule has 0 radical (unpaired) electrons. The topological polar surface area (TPSA) is 54.5 Å². The number of rotatable bonds is 3. The van der Waals surface area contributed by atoms with Crippen molar-refractivity contribution in [3.63, 3.8) is 0 Å². The molecule has 1 aliphatic carbocycles. The fourth-order valence-corrected chi connectivity index (χ4v) is 2.39. The molecule has 0 spiro atoms. The maximum atomic E-state index is 13.6. The highest BCUT2D eigenvalue weighted by molar-refractivity contribution is 5.81. The quantitative estimate of drug-likeness (QED) is 0.834. The molecule has 0 saturated heterocycles. The summed E-state index contributed by atoms with van der Waals surface area (Å²) in [6, 6.07) is 4.74. The van der Waals surface area contributed by atoms with Crippen LogP contribution in [-0.2, 0) is 6.54 Å². The molecule has 0 amide bonds. The highest BCUT2D eigenvalue weighted by Gasteiger charge is 2.19. The number of nitriles is 1. The monoisotopic (exact) mass is 244 g/mol. The molecule has 92 valence electrons. The summed E-state index contributed by atoms with van der Waals surface area (Å²) < 4.78 is 15.2. The molecule has 4 nitrogen and oxygen atoms in total. The van der Waals surface area contributed by atoms with Crippen molar-refractivity contribution in [2.75, 3.05) is 0 Å². The van der Waals surface area contributed by atoms with Gasteiger partial charge in [-0.05, 0) is 24.5 Å². The van der Waals surface area contributed by atoms with Gasteiger partial charge in [-0.25, -0.2) is 9.07 Å². The van der Waals surface area contributed by atoms with E-state index in [1.165, 1.54) is 25.3 Å². The number of hydrogen-bond donors (Lipinski definition) is 0. The average Bonchev–Trinajstić information content (AvgIpc) is 2.71. The van der Waals surface area contributed by atoms with Crippen molar-refractivity contribution in [3.05, 3.63) is 23.5 Å². The highest BCUT2D eigenvalue weighted by atomic mass is 19.1. The van der Waals surface area contributed by atoms with E-state index in [0.717, 1.165) is 12.3 Å². The van der Waals surface area contributed by atoms with E-state index in [0.29, 0.717) is 17.6 Å². The van der Waals surface area contributed by atoms with Crippen LogP contribution in [0.3, 0.4) is 0 Å². The molecule has 1 aromatic carbocycles. The predicted molar refractivity (Wildman–Crippen MR) is 64.2 cm³/mol. The molecule has 1 aliphatic rings. The zero-order valence-corrected chi connectivity index (χ0v) is 9.93. The number of aromatic nitrogens is 3. The summed E-state index contributed by atoms with van der Waals surface area (Å²) in [4.78, 5) is 0. The average molecular weight is 244 g/mol. The van der Waals surface area contributed by atoms with Gasteiger partial charge in [-0.1, -0.05) is 24.5 Å². The van der Waals surface area contributed by atoms with E-state index in [1.807, 2.05) is 6.07 Å². The summed E-state index contributed by atoms with van der Waals surface area (Å²) in [5.41, 5.74) is 1.16. The van der Waals surface area contributed by atoms with Crippen LogP contribution in [0.15, 0.2) is 12.1 Å². The van der Waals surface area contributed by atoms with Crippen molar-refractivity contribution in [3.8, 4) is 6.07 Å². The molecular weight excluding hydrogens is 231 g/mol. The third kappa shape index (κ3) is 1.74. The van der Waals surface area contributed by atoms with E-state index in [4.69, 9.17) is 5.26 Å². The van der Waals surface area contributed by atoms with Gasteiger partial charge in [0.05, 0.1) is 0 Å². The summed E-state index contributed by atoms with van der Waals surface area (Å²) in [7, 11) is 0. The number of hydrogen-bond acceptors (Lipinski definition) is 3. The van der Waals surface area contributed by atoms with Crippen LogP contribution in [0.4, 0.5) is 4.39 Å². The molecule has 1 heterocycles. The first kappa shape index (κ1) is 11.1. The minimum atomic E-state index is -0.503. The largest absolute Gasteiger partial charge is 0.243 e. The third-order valence-corrected chi connectivity index (χ3v) is 3.71. The molecule has 1 aromatic heterocycles. The first-order valence-corrected chi connectivity index (χ1v) is 6.21. The SMILES string of the molecule is N#Cc1c(F)ccc2nnn(CCC3CCC3)c12. The standard InChI is InChI=1S/C13H13FN4/c14-11-4-5-12-13(10(11)8-15)18(17-16-12)7-6-9-2-1-3-9/h4-5,9H,1-3,6-7H2. The van der Waals surface area contributed by atoms with E-state index in [-0.39, 0.29) is 5.56 Å². The zero-order valence-electron chi connectivity index (χ0n) is 9.93. The summed E-state index contributed by atoms with van der Waals surface area (Å²) >= 11 is 0. The lowest BCUT2D eigenvalue weighted by Crippen LogP contribution is -2.14. The van der Waals surface area contributed by atoms with Crippen LogP contribution in [0.5, 0.6) is 0 Å². The van der Waals surface area contributed by atoms with Gasteiger partial charge >= 0.3 is 0 Å². The Bertz CT molecular complexity index is 622. The van der Waals surface area contributed by atoms with E-state index in [9.17, 15) is 4.39 Å². The van der Waals surface area contributed by atoms with Crippen molar-refractivity contribution in [1.29, 1.82) is 5.26 Å². The Kier molecular flexibility index (Phi) is 2.71. The van der Waals surface area contributed by atoms with Crippen molar-refractivity contribution in [2.24, 2.45) is 5.92 Å². The number of nitrogens with zero attached hydrogens (tertiary/aromatic N) is 4. The fraction of sp³-hybridized carbons (Fsp3) is 0.462. The summed E-state index contributed by atoms with van der Waals surface area (Å²) in [6.07, 6.45) is 4.87. The number of benzene rings is 1. The van der Waals surface area contributed by atoms with Crippen LogP contribution in [0.2, 0.25) is 0 Å². The Morgan fingerprint density at radius 3 is 2.94 bits per heavy atom. The summed E-state index contributed by atoms with van der Waals surface area (Å²) in [5, 5.41) is 17.0. The van der Waals surface area contributed by atoms with Crippen LogP contribution in [0.25, 0.3) is 11.0 Å². The van der Waals surface area contributed by atoms with Crippen molar-refractivity contribution >= 4 is 11.0 Å². The fourth-order valence-electron chi connectivity index (χ4n) is 2.39. The van der Waals surface area contributed by atoms with Gasteiger partial charge in [-0.15, -0.1) is 5.10 Å². The first-order valence-electron chi connectivity index (χ1n) is 6.21. The molecule has 0 unspecified atom stereocenters. The van der Waals surface area contributed by atoms with Crippen LogP contribution < -0.4 is 0 Å². The van der Waals surface area contributed by atoms with Gasteiger partial charge in [-0.3, -0.25) is 0 Å². The summed E-state index contributed by atoms with van der Waals surface area (Å²) in [5.74, 6) is 0.250. The highest BCUT2D eigenvalue weighted by Crippen LogP contribution is 2.30. The molecule has 1 fully saturated rings. The molecule has 0 aliphatic heterocycles. The van der Waals surface area contributed by atoms with Crippen LogP contribution in [-0.4, -0.2) is 15.0 Å². The third-order valence-electron chi connectivity index (χ3n) is 3.71. The Hall–Kier alpha value is -1.96. The van der Waals surface area contributed by atoms with Crippen LogP contribution in [0, 0.1) is 23.1 Å². The van der Waals surface area contributed by atoms with E-state index in [2.05, 4.69) is 10.3 Å². The minimum Gasteiger partial charge on any atom is -0.243 e. The Balaban J connectivity index is 1.96. The minimum absolute atomic E-state index is 0.0473. The van der Waals surface area contributed by atoms with Crippen molar-refractivity contribution < 1.29 is 4.39 Å². The van der Waals surface area contributed by atoms with Gasteiger partial charge in [0.25, 0.3) is 0 Å². The smallest absolute Gasteiger partial charge is 0.143 e. The molecule has 3 rings (SSSR count). The Morgan fingerprint density at radius 2 is 2.28 bits per heavy atom. The molecular formula is C13H13FN4. The number of aryl methyl sites for hydroxylation is 1. The van der Waals surface area contributed by atoms with Gasteiger partial charge in [-0.2, -0.15) is 5.26 Å². The van der Waals surface area contributed by atoms with E-state index < -0.39 is 5.82 Å². The molecule has 5 heteroatoms. The lowest BCUT2D eigenvalue weighted by Gasteiger charge is -2.24. The van der Waals surface area contributed by atoms with Gasteiger partial charge in [0.15, 0.2) is 0 Å². The van der Waals surface area contributed by atoms with Crippen molar-refractivity contribution in [2.45, 2.75) is 32.2 Å².